The molecule has 0 saturated heterocycles. The Morgan fingerprint density at radius 1 is 0.352 bits per heavy atom. The van der Waals surface area contributed by atoms with Crippen LogP contribution in [-0.4, -0.2) is 122 Å². The molecule has 0 fully saturated rings. The van der Waals surface area contributed by atoms with Crippen LogP contribution in [0.5, 0.6) is 109 Å². The van der Waals surface area contributed by atoms with Gasteiger partial charge in [0.25, 0.3) is 0 Å². The van der Waals surface area contributed by atoms with Gasteiger partial charge in [-0.2, -0.15) is 0 Å². The number of allylic oxidation sites excluding steroid dienone is 2. The predicted octanol–water partition coefficient (Wildman–Crippen LogP) is 14.7. The summed E-state index contributed by atoms with van der Waals surface area (Å²) < 4.78 is 10.8. The molecule has 105 heavy (non-hydrogen) atoms. The summed E-state index contributed by atoms with van der Waals surface area (Å²) in [5.74, 6) is -3.37. The number of hydrogen-bond acceptors (Lipinski definition) is 23. The monoisotopic (exact) mass is 1420 g/mol. The van der Waals surface area contributed by atoms with Gasteiger partial charge in [0.2, 0.25) is 0 Å². The number of aromatic carboxylic acids is 1. The van der Waals surface area contributed by atoms with Crippen LogP contribution in [-0.2, 0) is 0 Å². The first-order valence-electron chi connectivity index (χ1n) is 30.9. The molecule has 0 amide bonds. The average Bonchev–Trinajstić information content (AvgIpc) is 0.793. The number of phenolic OH excluding ortho intramolecular Hbond substituents is 17. The maximum atomic E-state index is 12.0. The van der Waals surface area contributed by atoms with E-state index in [9.17, 15) is 70.2 Å². The van der Waals surface area contributed by atoms with Crippen molar-refractivity contribution in [1.29, 1.82) is 0 Å². The van der Waals surface area contributed by atoms with E-state index < -0.39 is 23.2 Å². The normalized spacial score (nSPS) is 11.9. The van der Waals surface area contributed by atoms with E-state index in [1.807, 2.05) is 18.2 Å². The second-order valence-corrected chi connectivity index (χ2v) is 22.4. The highest BCUT2D eigenvalue weighted by Crippen LogP contribution is 2.38. The molecule has 24 heteroatoms. The maximum Gasteiger partial charge on any atom is 0.335 e. The van der Waals surface area contributed by atoms with E-state index in [2.05, 4.69) is 0 Å². The van der Waals surface area contributed by atoms with Gasteiger partial charge in [-0.15, -0.1) is 0 Å². The number of carbonyl (C=O) groups is 4. The molecule has 0 aromatic heterocycles. The summed E-state index contributed by atoms with van der Waals surface area (Å²) >= 11 is 0. The third-order valence-electron chi connectivity index (χ3n) is 14.5. The lowest BCUT2D eigenvalue weighted by molar-refractivity contribution is 0.0694. The van der Waals surface area contributed by atoms with Crippen LogP contribution in [0.2, 0.25) is 0 Å². The summed E-state index contributed by atoms with van der Waals surface area (Å²) in [4.78, 5) is 46.1. The molecule has 0 saturated carbocycles. The molecular formula is C81H68O24. The van der Waals surface area contributed by atoms with Crippen molar-refractivity contribution in [3.63, 3.8) is 0 Å². The molecule has 18 N–H and O–H groups in total. The van der Waals surface area contributed by atoms with Gasteiger partial charge in [0.1, 0.15) is 86.6 Å². The summed E-state index contributed by atoms with van der Waals surface area (Å²) in [5, 5.41) is 165. The summed E-state index contributed by atoms with van der Waals surface area (Å²) in [6.07, 6.45) is 12.7. The van der Waals surface area contributed by atoms with Crippen LogP contribution in [0, 0.1) is 0 Å². The van der Waals surface area contributed by atoms with Crippen molar-refractivity contribution in [3.05, 3.63) is 292 Å². The molecule has 24 nitrogen and oxygen atoms in total. The van der Waals surface area contributed by atoms with Gasteiger partial charge in [0.05, 0.1) is 35.8 Å². The van der Waals surface area contributed by atoms with E-state index in [-0.39, 0.29) is 127 Å². The van der Waals surface area contributed by atoms with Gasteiger partial charge >= 0.3 is 5.97 Å². The number of Topliss-reactive ketones (excluding diaryl/α,β-unsaturated/α-hetero) is 1. The number of ketones is 3. The topological polar surface area (TPSA) is 451 Å². The van der Waals surface area contributed by atoms with Gasteiger partial charge in [-0.25, -0.2) is 4.79 Å². The number of rotatable bonds is 13. The zero-order valence-electron chi connectivity index (χ0n) is 55.2. The first-order valence-corrected chi connectivity index (χ1v) is 30.9. The van der Waals surface area contributed by atoms with Gasteiger partial charge in [0.15, 0.2) is 46.1 Å². The largest absolute Gasteiger partial charge is 0.508 e. The molecule has 0 radical (unpaired) electrons. The van der Waals surface area contributed by atoms with Crippen molar-refractivity contribution >= 4 is 59.8 Å². The average molecular weight is 1430 g/mol. The van der Waals surface area contributed by atoms with E-state index in [1.54, 1.807) is 135 Å². The maximum absolute atomic E-state index is 12.0. The van der Waals surface area contributed by atoms with Crippen LogP contribution < -0.4 is 9.47 Å². The Kier molecular flexibility index (Phi) is 27.1. The molecule has 1 heterocycles. The van der Waals surface area contributed by atoms with Crippen LogP contribution in [0.1, 0.15) is 92.9 Å². The fraction of sp³-hybridized carbons (Fsp3) is 0.0370. The number of carbonyl (C=O) groups excluding carboxylic acids is 3. The molecule has 1 unspecified atom stereocenters. The van der Waals surface area contributed by atoms with Gasteiger partial charge in [0, 0.05) is 30.3 Å². The number of fused-ring (bicyclic) bond motifs is 1. The van der Waals surface area contributed by atoms with Crippen molar-refractivity contribution in [3.8, 4) is 109 Å². The minimum Gasteiger partial charge on any atom is -0.508 e. The summed E-state index contributed by atoms with van der Waals surface area (Å²) in [6, 6.07) is 53.8. The SMILES string of the molecule is COc1ccc(/C=C/C(=O)c2ccc(O)cc2O)cc1.O=C(/C=C/c1ccc(O)cc1)c1ccc(O)cc1O.O=C(O)c1cc(O)c(O)c(O)c1.O=C1CC(c2ccc(O)cc2)Oc2cc(O)ccc21.Oc1cc(O)cc(/C=C/c2ccc(O)c(O)c2)c1.Oc1ccc(/C=C/c2cc(O)cc(O)c2)cc1. The third kappa shape index (κ3) is 24.2. The van der Waals surface area contributed by atoms with Crippen LogP contribution in [0.3, 0.4) is 0 Å². The minimum atomic E-state index is -1.29. The first-order chi connectivity index (χ1) is 50.0. The van der Waals surface area contributed by atoms with Gasteiger partial charge in [-0.1, -0.05) is 91.1 Å². The van der Waals surface area contributed by atoms with E-state index in [4.69, 9.17) is 50.3 Å². The predicted molar refractivity (Wildman–Crippen MR) is 390 cm³/mol. The lowest BCUT2D eigenvalue weighted by Gasteiger charge is -2.25. The molecule has 0 spiro atoms. The Hall–Kier alpha value is -14.9. The second kappa shape index (κ2) is 36.8. The number of benzene rings is 11. The standard InChI is InChI=1S/C16H14O4.2C15H12O4.C14H12O4.C14H12O3.C7H6O5/c1-20-13-6-2-11(3-7-13)4-9-15(18)14-8-5-12(17)10-16(14)19;16-10-3-1-9(2-4-10)14-8-13(18)12-6-5-11(17)7-15(12)19-14;16-11-4-1-10(2-5-11)3-8-14(18)13-7-6-12(17)9-15(13)19;15-11-5-10(6-12(16)8-11)2-1-9-3-4-13(17)14(18)7-9;15-12-5-3-10(4-6-12)1-2-11-7-13(16)9-14(17)8-11;8-4-1-3(7(11)12)2-5(9)6(4)10/h2-10,17,19H,1H3;1-7,14,16-17H,8H2;1-9,16-17,19H;1-8,15-18H;1-9,15-17H;1-2,8-10H,(H,11,12)/b9-4+;;8-3+;2*2-1+;. The Balaban J connectivity index is 0.000000177. The number of hydrogen-bond donors (Lipinski definition) is 18. The molecular weight excluding hydrogens is 1360 g/mol. The lowest BCUT2D eigenvalue weighted by Crippen LogP contribution is -2.20. The number of phenols is 17. The zero-order chi connectivity index (χ0) is 76.4. The number of carboxylic acids is 1. The molecule has 536 valence electrons. The first kappa shape index (κ1) is 77.4. The highest BCUT2D eigenvalue weighted by Gasteiger charge is 2.28. The molecule has 0 aliphatic carbocycles. The zero-order valence-corrected chi connectivity index (χ0v) is 55.2. The fourth-order valence-electron chi connectivity index (χ4n) is 9.24. The van der Waals surface area contributed by atoms with E-state index >= 15 is 0 Å². The molecule has 12 rings (SSSR count). The summed E-state index contributed by atoms with van der Waals surface area (Å²) in [6.45, 7) is 0. The van der Waals surface area contributed by atoms with Gasteiger partial charge in [-0.05, 0) is 185 Å². The molecule has 11 aromatic rings. The van der Waals surface area contributed by atoms with E-state index in [0.29, 0.717) is 28.0 Å². The molecule has 1 aliphatic rings. The van der Waals surface area contributed by atoms with Crippen molar-refractivity contribution in [2.75, 3.05) is 7.11 Å². The van der Waals surface area contributed by atoms with E-state index in [0.717, 1.165) is 52.3 Å². The fourth-order valence-corrected chi connectivity index (χ4v) is 9.24. The molecule has 1 aliphatic heterocycles. The molecule has 11 aromatic carbocycles. The van der Waals surface area contributed by atoms with Crippen LogP contribution in [0.25, 0.3) is 36.5 Å². The Labute approximate surface area is 598 Å². The molecule has 1 atom stereocenters. The number of carboxylic acid groups (broad SMARTS) is 1. The van der Waals surface area contributed by atoms with Crippen LogP contribution >= 0.6 is 0 Å². The Morgan fingerprint density at radius 2 is 0.733 bits per heavy atom. The lowest BCUT2D eigenvalue weighted by atomic mass is 9.96. The third-order valence-corrected chi connectivity index (χ3v) is 14.5. The minimum absolute atomic E-state index is 0.0145. The van der Waals surface area contributed by atoms with Crippen LogP contribution in [0.4, 0.5) is 0 Å². The van der Waals surface area contributed by atoms with Crippen molar-refractivity contribution in [1.82, 2.24) is 0 Å². The van der Waals surface area contributed by atoms with Gasteiger partial charge < -0.3 is 101 Å². The van der Waals surface area contributed by atoms with Crippen molar-refractivity contribution < 1.29 is 121 Å². The van der Waals surface area contributed by atoms with Crippen molar-refractivity contribution in [2.24, 2.45) is 0 Å². The Bertz CT molecular complexity index is 4920. The number of ether oxygens (including phenoxy) is 2. The summed E-state index contributed by atoms with van der Waals surface area (Å²) in [7, 11) is 1.59. The van der Waals surface area contributed by atoms with Crippen LogP contribution in [0.15, 0.2) is 231 Å². The van der Waals surface area contributed by atoms with Crippen molar-refractivity contribution in [2.45, 2.75) is 12.5 Å². The Morgan fingerprint density at radius 3 is 1.16 bits per heavy atom. The smallest absolute Gasteiger partial charge is 0.335 e. The van der Waals surface area contributed by atoms with E-state index in [1.165, 1.54) is 97.1 Å². The highest BCUT2D eigenvalue weighted by atomic mass is 16.5. The number of aromatic hydroxyl groups is 17. The highest BCUT2D eigenvalue weighted by molar-refractivity contribution is 6.09. The number of methoxy groups -OCH3 is 1. The molecule has 0 bridgehead atoms. The quantitative estimate of drug-likeness (QED) is 0.0221. The van der Waals surface area contributed by atoms with Gasteiger partial charge in [-0.3, -0.25) is 14.4 Å². The summed E-state index contributed by atoms with van der Waals surface area (Å²) in [5.41, 5.74) is 5.83. The second-order valence-electron chi connectivity index (χ2n) is 22.4.